The van der Waals surface area contributed by atoms with E-state index in [9.17, 15) is 4.79 Å². The summed E-state index contributed by atoms with van der Waals surface area (Å²) in [5.74, 6) is 1.30. The first-order chi connectivity index (χ1) is 13.6. The molecule has 0 N–H and O–H groups in total. The van der Waals surface area contributed by atoms with Crippen LogP contribution in [0.5, 0.6) is 5.75 Å². The number of hydrogen-bond acceptors (Lipinski definition) is 4. The van der Waals surface area contributed by atoms with E-state index in [1.54, 1.807) is 6.07 Å². The van der Waals surface area contributed by atoms with Crippen LogP contribution in [0, 0.1) is 6.92 Å². The number of fused-ring (bicyclic) bond motifs is 2. The van der Waals surface area contributed by atoms with Crippen LogP contribution >= 0.6 is 0 Å². The fourth-order valence-electron chi connectivity index (χ4n) is 4.20. The molecule has 4 nitrogen and oxygen atoms in total. The zero-order valence-corrected chi connectivity index (χ0v) is 16.8. The lowest BCUT2D eigenvalue weighted by Crippen LogP contribution is -2.35. The minimum Gasteiger partial charge on any atom is -0.477 e. The Kier molecular flexibility index (Phi) is 5.23. The van der Waals surface area contributed by atoms with Crippen LogP contribution in [0.3, 0.4) is 0 Å². The van der Waals surface area contributed by atoms with Gasteiger partial charge in [0.05, 0.1) is 0 Å². The van der Waals surface area contributed by atoms with E-state index < -0.39 is 0 Å². The van der Waals surface area contributed by atoms with Crippen LogP contribution < -0.4 is 10.4 Å². The topological polar surface area (TPSA) is 42.7 Å². The molecule has 0 saturated heterocycles. The van der Waals surface area contributed by atoms with Gasteiger partial charge in [-0.25, -0.2) is 4.79 Å². The minimum atomic E-state index is -0.284. The maximum absolute atomic E-state index is 12.0. The van der Waals surface area contributed by atoms with Crippen molar-refractivity contribution < 1.29 is 9.15 Å². The molecule has 0 radical (unpaired) electrons. The van der Waals surface area contributed by atoms with Crippen molar-refractivity contribution in [3.8, 4) is 5.75 Å². The Balaban J connectivity index is 1.65. The summed E-state index contributed by atoms with van der Waals surface area (Å²) in [6.45, 7) is 8.70. The fourth-order valence-corrected chi connectivity index (χ4v) is 4.20. The van der Waals surface area contributed by atoms with Crippen LogP contribution in [0.15, 0.2) is 51.7 Å². The Hall–Kier alpha value is -2.59. The van der Waals surface area contributed by atoms with Crippen molar-refractivity contribution in [1.82, 2.24) is 4.90 Å². The maximum atomic E-state index is 12.0. The molecule has 146 valence electrons. The predicted octanol–water partition coefficient (Wildman–Crippen LogP) is 5.01. The van der Waals surface area contributed by atoms with Crippen molar-refractivity contribution in [1.29, 1.82) is 0 Å². The Labute approximate surface area is 165 Å². The van der Waals surface area contributed by atoms with Gasteiger partial charge in [0, 0.05) is 35.7 Å². The van der Waals surface area contributed by atoms with Gasteiger partial charge in [0.2, 0.25) is 0 Å². The average Bonchev–Trinajstić information content (AvgIpc) is 2.70. The van der Waals surface area contributed by atoms with Gasteiger partial charge in [-0.15, -0.1) is 0 Å². The fraction of sp³-hybridized carbons (Fsp3) is 0.375. The summed E-state index contributed by atoms with van der Waals surface area (Å²) in [6.07, 6.45) is 1.86. The summed E-state index contributed by atoms with van der Waals surface area (Å²) in [6, 6.07) is 14.4. The molecule has 0 amide bonds. The molecule has 1 unspecified atom stereocenters. The van der Waals surface area contributed by atoms with E-state index in [0.717, 1.165) is 48.2 Å². The number of rotatable bonds is 5. The minimum absolute atomic E-state index is 0.284. The van der Waals surface area contributed by atoms with Crippen LogP contribution in [-0.4, -0.2) is 18.2 Å². The molecule has 1 aliphatic rings. The second kappa shape index (κ2) is 7.80. The van der Waals surface area contributed by atoms with E-state index in [4.69, 9.17) is 9.15 Å². The number of benzene rings is 2. The zero-order chi connectivity index (χ0) is 19.7. The highest BCUT2D eigenvalue weighted by Crippen LogP contribution is 2.36. The third kappa shape index (κ3) is 3.57. The molecule has 4 heteroatoms. The van der Waals surface area contributed by atoms with Crippen LogP contribution in [0.2, 0.25) is 0 Å². The van der Waals surface area contributed by atoms with Gasteiger partial charge in [-0.1, -0.05) is 50.6 Å². The Morgan fingerprint density at radius 3 is 2.71 bits per heavy atom. The normalized spacial score (nSPS) is 15.2. The standard InChI is InChI=1S/C24H27NO3/c1-4-8-19-12-22(26)28-24-17(3)23-20(11-21(19)24)14-25(15-27-23)13-16(2)18-9-6-5-7-10-18/h5-7,9-12,16H,4,8,13-15H2,1-3H3. The number of hydrogen-bond donors (Lipinski definition) is 0. The second-order valence-electron chi connectivity index (χ2n) is 7.80. The molecule has 0 bridgehead atoms. The quantitative estimate of drug-likeness (QED) is 0.586. The maximum Gasteiger partial charge on any atom is 0.336 e. The molecule has 0 spiro atoms. The van der Waals surface area contributed by atoms with Crippen molar-refractivity contribution in [3.63, 3.8) is 0 Å². The highest BCUT2D eigenvalue weighted by molar-refractivity contribution is 5.86. The Morgan fingerprint density at radius 2 is 1.96 bits per heavy atom. The Morgan fingerprint density at radius 1 is 1.18 bits per heavy atom. The summed E-state index contributed by atoms with van der Waals surface area (Å²) >= 11 is 0. The van der Waals surface area contributed by atoms with Crippen molar-refractivity contribution in [2.45, 2.75) is 46.1 Å². The summed E-state index contributed by atoms with van der Waals surface area (Å²) in [4.78, 5) is 14.3. The molecule has 0 saturated carbocycles. The molecular formula is C24H27NO3. The lowest BCUT2D eigenvalue weighted by molar-refractivity contribution is 0.0900. The van der Waals surface area contributed by atoms with E-state index in [0.29, 0.717) is 18.2 Å². The highest BCUT2D eigenvalue weighted by atomic mass is 16.5. The first kappa shape index (κ1) is 18.8. The van der Waals surface area contributed by atoms with Crippen LogP contribution in [0.25, 0.3) is 11.0 Å². The van der Waals surface area contributed by atoms with E-state index in [1.807, 2.05) is 6.92 Å². The molecule has 28 heavy (non-hydrogen) atoms. The van der Waals surface area contributed by atoms with Crippen molar-refractivity contribution in [3.05, 3.63) is 75.1 Å². The van der Waals surface area contributed by atoms with Gasteiger partial charge in [0.25, 0.3) is 0 Å². The molecule has 3 aromatic rings. The van der Waals surface area contributed by atoms with Crippen LogP contribution in [0.4, 0.5) is 0 Å². The van der Waals surface area contributed by atoms with Crippen LogP contribution in [0.1, 0.15) is 48.4 Å². The van der Waals surface area contributed by atoms with Crippen molar-refractivity contribution in [2.24, 2.45) is 0 Å². The second-order valence-corrected chi connectivity index (χ2v) is 7.80. The smallest absolute Gasteiger partial charge is 0.336 e. The van der Waals surface area contributed by atoms with Crippen LogP contribution in [-0.2, 0) is 13.0 Å². The van der Waals surface area contributed by atoms with E-state index in [2.05, 4.69) is 55.1 Å². The van der Waals surface area contributed by atoms with Gasteiger partial charge in [0.15, 0.2) is 0 Å². The van der Waals surface area contributed by atoms with Gasteiger partial charge >= 0.3 is 5.63 Å². The summed E-state index contributed by atoms with van der Waals surface area (Å²) < 4.78 is 11.7. The predicted molar refractivity (Wildman–Crippen MR) is 112 cm³/mol. The summed E-state index contributed by atoms with van der Waals surface area (Å²) in [5.41, 5.74) is 4.89. The third-order valence-electron chi connectivity index (χ3n) is 5.58. The molecular weight excluding hydrogens is 350 g/mol. The van der Waals surface area contributed by atoms with Gasteiger partial charge in [-0.3, -0.25) is 4.90 Å². The average molecular weight is 377 g/mol. The molecule has 0 aliphatic carbocycles. The van der Waals surface area contributed by atoms with Crippen molar-refractivity contribution >= 4 is 11.0 Å². The first-order valence-electron chi connectivity index (χ1n) is 10.1. The molecule has 1 aliphatic heterocycles. The number of nitrogens with zero attached hydrogens (tertiary/aromatic N) is 1. The number of ether oxygens (including phenoxy) is 1. The van der Waals surface area contributed by atoms with Gasteiger partial charge in [0.1, 0.15) is 18.1 Å². The van der Waals surface area contributed by atoms with E-state index >= 15 is 0 Å². The molecule has 2 heterocycles. The molecule has 0 fully saturated rings. The SMILES string of the molecule is CCCc1cc(=O)oc2c(C)c3c(cc12)CN(CC(C)c1ccccc1)CO3. The zero-order valence-electron chi connectivity index (χ0n) is 16.8. The van der Waals surface area contributed by atoms with E-state index in [-0.39, 0.29) is 5.63 Å². The van der Waals surface area contributed by atoms with Crippen molar-refractivity contribution in [2.75, 3.05) is 13.3 Å². The summed E-state index contributed by atoms with van der Waals surface area (Å²) in [7, 11) is 0. The van der Waals surface area contributed by atoms with Gasteiger partial charge < -0.3 is 9.15 Å². The Bertz CT molecular complexity index is 1040. The third-order valence-corrected chi connectivity index (χ3v) is 5.58. The molecule has 4 rings (SSSR count). The summed E-state index contributed by atoms with van der Waals surface area (Å²) in [5, 5.41) is 1.04. The lowest BCUT2D eigenvalue weighted by Gasteiger charge is -2.32. The molecule has 1 aromatic heterocycles. The van der Waals surface area contributed by atoms with E-state index in [1.165, 1.54) is 11.1 Å². The molecule has 2 aromatic carbocycles. The highest BCUT2D eigenvalue weighted by Gasteiger charge is 2.24. The monoisotopic (exact) mass is 377 g/mol. The first-order valence-corrected chi connectivity index (χ1v) is 10.1. The van der Waals surface area contributed by atoms with Gasteiger partial charge in [-0.2, -0.15) is 0 Å². The lowest BCUT2D eigenvalue weighted by atomic mass is 9.97. The number of aryl methyl sites for hydroxylation is 2. The van der Waals surface area contributed by atoms with Gasteiger partial charge in [-0.05, 0) is 36.5 Å². The molecule has 1 atom stereocenters. The largest absolute Gasteiger partial charge is 0.477 e.